The van der Waals surface area contributed by atoms with Crippen LogP contribution in [0.3, 0.4) is 0 Å². The Bertz CT molecular complexity index is 598. The Hall–Kier alpha value is -2.27. The Kier molecular flexibility index (Phi) is 5.20. The molecule has 2 fully saturated rings. The summed E-state index contributed by atoms with van der Waals surface area (Å²) in [4.78, 5) is 24.1. The van der Waals surface area contributed by atoms with Gasteiger partial charge in [-0.3, -0.25) is 9.78 Å². The molecule has 0 aromatic carbocycles. The summed E-state index contributed by atoms with van der Waals surface area (Å²) >= 11 is 0. The summed E-state index contributed by atoms with van der Waals surface area (Å²) in [6, 6.07) is 1.62. The SMILES string of the molecule is N#C[C@@H]1C[C@H](F)CN1C(=O)CNC1CCN(c2cnccn2)CC1. The fraction of sp³-hybridized carbons (Fsp3) is 0.625. The van der Waals surface area contributed by atoms with E-state index in [1.165, 1.54) is 4.90 Å². The van der Waals surface area contributed by atoms with Gasteiger partial charge in [-0.15, -0.1) is 0 Å². The molecule has 24 heavy (non-hydrogen) atoms. The minimum Gasteiger partial charge on any atom is -0.355 e. The molecule has 128 valence electrons. The van der Waals surface area contributed by atoms with Gasteiger partial charge in [0.25, 0.3) is 0 Å². The van der Waals surface area contributed by atoms with E-state index >= 15 is 0 Å². The van der Waals surface area contributed by atoms with Gasteiger partial charge in [-0.1, -0.05) is 0 Å². The van der Waals surface area contributed by atoms with E-state index in [1.54, 1.807) is 18.6 Å². The lowest BCUT2D eigenvalue weighted by atomic mass is 10.1. The first-order chi connectivity index (χ1) is 11.7. The lowest BCUT2D eigenvalue weighted by Gasteiger charge is -2.33. The molecule has 8 heteroatoms. The highest BCUT2D eigenvalue weighted by Gasteiger charge is 2.35. The van der Waals surface area contributed by atoms with Crippen molar-refractivity contribution in [2.45, 2.75) is 37.5 Å². The summed E-state index contributed by atoms with van der Waals surface area (Å²) in [5.41, 5.74) is 0. The van der Waals surface area contributed by atoms with E-state index in [-0.39, 0.29) is 31.5 Å². The molecular weight excluding hydrogens is 311 g/mol. The fourth-order valence-corrected chi connectivity index (χ4v) is 3.28. The maximum atomic E-state index is 13.4. The van der Waals surface area contributed by atoms with Crippen molar-refractivity contribution >= 4 is 11.7 Å². The summed E-state index contributed by atoms with van der Waals surface area (Å²) < 4.78 is 13.4. The quantitative estimate of drug-likeness (QED) is 0.864. The minimum atomic E-state index is -1.09. The van der Waals surface area contributed by atoms with Crippen LogP contribution in [0, 0.1) is 11.3 Å². The number of rotatable bonds is 4. The molecule has 0 saturated carbocycles. The fourth-order valence-electron chi connectivity index (χ4n) is 3.28. The van der Waals surface area contributed by atoms with E-state index in [1.807, 2.05) is 6.07 Å². The van der Waals surface area contributed by atoms with Gasteiger partial charge in [0.15, 0.2) is 0 Å². The van der Waals surface area contributed by atoms with Crippen LogP contribution in [0.4, 0.5) is 10.2 Å². The second-order valence-corrected chi connectivity index (χ2v) is 6.23. The maximum absolute atomic E-state index is 13.4. The summed E-state index contributed by atoms with van der Waals surface area (Å²) in [5, 5.41) is 12.3. The lowest BCUT2D eigenvalue weighted by molar-refractivity contribution is -0.130. The Morgan fingerprint density at radius 3 is 2.88 bits per heavy atom. The molecule has 1 aromatic heterocycles. The Morgan fingerprint density at radius 2 is 2.21 bits per heavy atom. The van der Waals surface area contributed by atoms with E-state index in [4.69, 9.17) is 5.26 Å². The van der Waals surface area contributed by atoms with Crippen LogP contribution in [0.15, 0.2) is 18.6 Å². The highest BCUT2D eigenvalue weighted by atomic mass is 19.1. The average Bonchev–Trinajstić information content (AvgIpc) is 3.02. The normalized spacial score (nSPS) is 24.8. The second kappa shape index (κ2) is 7.53. The number of likely N-dealkylation sites (tertiary alicyclic amines) is 1. The van der Waals surface area contributed by atoms with Crippen molar-refractivity contribution in [1.29, 1.82) is 5.26 Å². The highest BCUT2D eigenvalue weighted by Crippen LogP contribution is 2.20. The molecule has 0 radical (unpaired) electrons. The number of hydrogen-bond donors (Lipinski definition) is 1. The van der Waals surface area contributed by atoms with Gasteiger partial charge in [0, 0.05) is 37.9 Å². The van der Waals surface area contributed by atoms with E-state index in [9.17, 15) is 9.18 Å². The third-order valence-corrected chi connectivity index (χ3v) is 4.63. The molecule has 7 nitrogen and oxygen atoms in total. The second-order valence-electron chi connectivity index (χ2n) is 6.23. The van der Waals surface area contributed by atoms with Crippen LogP contribution in [-0.4, -0.2) is 65.2 Å². The molecule has 0 unspecified atom stereocenters. The van der Waals surface area contributed by atoms with E-state index < -0.39 is 12.2 Å². The van der Waals surface area contributed by atoms with Crippen LogP contribution in [0.2, 0.25) is 0 Å². The van der Waals surface area contributed by atoms with Gasteiger partial charge in [-0.05, 0) is 12.8 Å². The number of piperidine rings is 1. The first kappa shape index (κ1) is 16.6. The predicted molar refractivity (Wildman–Crippen MR) is 85.9 cm³/mol. The first-order valence-electron chi connectivity index (χ1n) is 8.25. The average molecular weight is 332 g/mol. The standard InChI is InChI=1S/C16H21FN6O/c17-12-7-14(8-18)23(11-12)16(24)10-21-13-1-5-22(6-2-13)15-9-19-3-4-20-15/h3-4,9,12-14,21H,1-2,5-7,10-11H2/t12-,14-/m0/s1. The van der Waals surface area contributed by atoms with Crippen molar-refractivity contribution in [1.82, 2.24) is 20.2 Å². The molecule has 2 aliphatic rings. The number of halogens is 1. The zero-order valence-electron chi connectivity index (χ0n) is 13.4. The van der Waals surface area contributed by atoms with E-state index in [0.717, 1.165) is 31.7 Å². The maximum Gasteiger partial charge on any atom is 0.237 e. The molecule has 3 heterocycles. The van der Waals surface area contributed by atoms with Crippen molar-refractivity contribution in [2.24, 2.45) is 0 Å². The van der Waals surface area contributed by atoms with Gasteiger partial charge >= 0.3 is 0 Å². The number of amides is 1. The van der Waals surface area contributed by atoms with Gasteiger partial charge in [0.2, 0.25) is 5.91 Å². The van der Waals surface area contributed by atoms with Gasteiger partial charge < -0.3 is 15.1 Å². The molecule has 1 aromatic rings. The zero-order valence-corrected chi connectivity index (χ0v) is 13.4. The number of nitriles is 1. The van der Waals surface area contributed by atoms with Gasteiger partial charge in [-0.25, -0.2) is 9.37 Å². The van der Waals surface area contributed by atoms with Crippen LogP contribution < -0.4 is 10.2 Å². The molecule has 2 aliphatic heterocycles. The molecule has 1 amide bonds. The summed E-state index contributed by atoms with van der Waals surface area (Å²) in [7, 11) is 0. The summed E-state index contributed by atoms with van der Waals surface area (Å²) in [6.07, 6.45) is 5.91. The number of carbonyl (C=O) groups excluding carboxylic acids is 1. The molecule has 2 atom stereocenters. The van der Waals surface area contributed by atoms with Crippen LogP contribution >= 0.6 is 0 Å². The van der Waals surface area contributed by atoms with Gasteiger partial charge in [-0.2, -0.15) is 5.26 Å². The number of carbonyl (C=O) groups is 1. The number of nitrogens with zero attached hydrogens (tertiary/aromatic N) is 5. The van der Waals surface area contributed by atoms with Crippen LogP contribution in [0.25, 0.3) is 0 Å². The Balaban J connectivity index is 1.44. The molecule has 0 bridgehead atoms. The minimum absolute atomic E-state index is 0.0316. The summed E-state index contributed by atoms with van der Waals surface area (Å²) in [5.74, 6) is 0.674. The molecule has 0 spiro atoms. The predicted octanol–water partition coefficient (Wildman–Crippen LogP) is 0.498. The third-order valence-electron chi connectivity index (χ3n) is 4.63. The zero-order chi connectivity index (χ0) is 16.9. The molecular formula is C16H21FN6O. The monoisotopic (exact) mass is 332 g/mol. The van der Waals surface area contributed by atoms with Crippen molar-refractivity contribution in [3.63, 3.8) is 0 Å². The van der Waals surface area contributed by atoms with Crippen molar-refractivity contribution in [2.75, 3.05) is 31.1 Å². The van der Waals surface area contributed by atoms with Crippen LogP contribution in [0.5, 0.6) is 0 Å². The van der Waals surface area contributed by atoms with E-state index in [0.29, 0.717) is 0 Å². The van der Waals surface area contributed by atoms with Gasteiger partial charge in [0.05, 0.1) is 25.4 Å². The number of nitrogens with one attached hydrogen (secondary N) is 1. The summed E-state index contributed by atoms with van der Waals surface area (Å²) in [6.45, 7) is 1.88. The lowest BCUT2D eigenvalue weighted by Crippen LogP contribution is -2.47. The number of alkyl halides is 1. The number of aromatic nitrogens is 2. The molecule has 3 rings (SSSR count). The van der Waals surface area contributed by atoms with E-state index in [2.05, 4.69) is 20.2 Å². The Labute approximate surface area is 140 Å². The van der Waals surface area contributed by atoms with Crippen molar-refractivity contribution < 1.29 is 9.18 Å². The van der Waals surface area contributed by atoms with Gasteiger partial charge in [0.1, 0.15) is 18.0 Å². The molecule has 0 aliphatic carbocycles. The third kappa shape index (κ3) is 3.79. The number of anilines is 1. The molecule has 1 N–H and O–H groups in total. The Morgan fingerprint density at radius 1 is 1.42 bits per heavy atom. The van der Waals surface area contributed by atoms with Crippen molar-refractivity contribution in [3.05, 3.63) is 18.6 Å². The number of hydrogen-bond acceptors (Lipinski definition) is 6. The smallest absolute Gasteiger partial charge is 0.237 e. The molecule has 2 saturated heterocycles. The van der Waals surface area contributed by atoms with Crippen molar-refractivity contribution in [3.8, 4) is 6.07 Å². The van der Waals surface area contributed by atoms with Crippen LogP contribution in [0.1, 0.15) is 19.3 Å². The highest BCUT2D eigenvalue weighted by molar-refractivity contribution is 5.79. The topological polar surface area (TPSA) is 85.2 Å². The largest absolute Gasteiger partial charge is 0.355 e. The van der Waals surface area contributed by atoms with Crippen LogP contribution in [-0.2, 0) is 4.79 Å². The first-order valence-corrected chi connectivity index (χ1v) is 8.25.